The Balaban J connectivity index is 1.55. The summed E-state index contributed by atoms with van der Waals surface area (Å²) in [5, 5.41) is 1.15. The number of aromatic nitrogens is 1. The molecule has 2 amide bonds. The molecule has 5 nitrogen and oxygen atoms in total. The van der Waals surface area contributed by atoms with E-state index in [0.29, 0.717) is 18.9 Å². The zero-order valence-corrected chi connectivity index (χ0v) is 20.5. The fourth-order valence-electron chi connectivity index (χ4n) is 5.65. The Labute approximate surface area is 202 Å². The van der Waals surface area contributed by atoms with Crippen LogP contribution in [0.4, 0.5) is 0 Å². The molecule has 0 radical (unpaired) electrons. The molecule has 3 aromatic rings. The second kappa shape index (κ2) is 9.28. The van der Waals surface area contributed by atoms with Crippen LogP contribution in [0.25, 0.3) is 10.9 Å². The summed E-state index contributed by atoms with van der Waals surface area (Å²) in [5.74, 6) is 0.578. The second-order valence-corrected chi connectivity index (χ2v) is 10.1. The Morgan fingerprint density at radius 1 is 1.00 bits per heavy atom. The minimum absolute atomic E-state index is 0.0438. The van der Waals surface area contributed by atoms with Crippen molar-refractivity contribution in [3.63, 3.8) is 0 Å². The van der Waals surface area contributed by atoms with Crippen LogP contribution in [0.1, 0.15) is 80.8 Å². The van der Waals surface area contributed by atoms with E-state index in [0.717, 1.165) is 41.4 Å². The first-order chi connectivity index (χ1) is 16.5. The first kappa shape index (κ1) is 22.7. The molecule has 0 bridgehead atoms. The third-order valence-electron chi connectivity index (χ3n) is 7.54. The SMILES string of the molecule is CCCCCCN1CC(=O)N2[C@H](c3ccc(C(C)C)cc3)c3[nH]c4ccccc4c3C[C@H]2C1=O. The van der Waals surface area contributed by atoms with Gasteiger partial charge >= 0.3 is 0 Å². The summed E-state index contributed by atoms with van der Waals surface area (Å²) in [6.45, 7) is 7.40. The molecule has 0 spiro atoms. The van der Waals surface area contributed by atoms with Crippen molar-refractivity contribution in [1.82, 2.24) is 14.8 Å². The number of piperazine rings is 1. The lowest BCUT2D eigenvalue weighted by Crippen LogP contribution is -2.63. The van der Waals surface area contributed by atoms with Gasteiger partial charge in [-0.1, -0.05) is 82.5 Å². The van der Waals surface area contributed by atoms with E-state index in [1.54, 1.807) is 4.90 Å². The number of rotatable bonds is 7. The highest BCUT2D eigenvalue weighted by Gasteiger charge is 2.48. The Bertz CT molecular complexity index is 1190. The smallest absolute Gasteiger partial charge is 0.246 e. The molecule has 5 rings (SSSR count). The minimum atomic E-state index is -0.450. The molecule has 3 heterocycles. The number of hydrogen-bond acceptors (Lipinski definition) is 2. The number of hydrogen-bond donors (Lipinski definition) is 1. The third-order valence-corrected chi connectivity index (χ3v) is 7.54. The molecule has 0 unspecified atom stereocenters. The van der Waals surface area contributed by atoms with Crippen LogP contribution < -0.4 is 0 Å². The van der Waals surface area contributed by atoms with Gasteiger partial charge in [-0.2, -0.15) is 0 Å². The Morgan fingerprint density at radius 2 is 1.76 bits per heavy atom. The molecule has 0 aliphatic carbocycles. The van der Waals surface area contributed by atoms with Gasteiger partial charge in [-0.15, -0.1) is 0 Å². The van der Waals surface area contributed by atoms with E-state index in [1.165, 1.54) is 17.5 Å². The van der Waals surface area contributed by atoms with Crippen molar-refractivity contribution < 1.29 is 9.59 Å². The van der Waals surface area contributed by atoms with E-state index in [2.05, 4.69) is 62.2 Å². The molecule has 1 saturated heterocycles. The number of aromatic amines is 1. The van der Waals surface area contributed by atoms with Crippen LogP contribution in [-0.2, 0) is 16.0 Å². The van der Waals surface area contributed by atoms with Crippen molar-refractivity contribution in [1.29, 1.82) is 0 Å². The van der Waals surface area contributed by atoms with Crippen molar-refractivity contribution in [2.75, 3.05) is 13.1 Å². The fourth-order valence-corrected chi connectivity index (χ4v) is 5.65. The van der Waals surface area contributed by atoms with Gasteiger partial charge in [0.15, 0.2) is 0 Å². The summed E-state index contributed by atoms with van der Waals surface area (Å²) in [4.78, 5) is 34.5. The lowest BCUT2D eigenvalue weighted by atomic mass is 9.85. The summed E-state index contributed by atoms with van der Waals surface area (Å²) in [7, 11) is 0. The topological polar surface area (TPSA) is 56.4 Å². The summed E-state index contributed by atoms with van der Waals surface area (Å²) >= 11 is 0. The van der Waals surface area contributed by atoms with Gasteiger partial charge < -0.3 is 14.8 Å². The van der Waals surface area contributed by atoms with Crippen molar-refractivity contribution in [2.45, 2.75) is 70.9 Å². The van der Waals surface area contributed by atoms with E-state index >= 15 is 0 Å². The van der Waals surface area contributed by atoms with Crippen LogP contribution in [0.15, 0.2) is 48.5 Å². The van der Waals surface area contributed by atoms with Crippen LogP contribution in [0, 0.1) is 0 Å². The molecule has 34 heavy (non-hydrogen) atoms. The number of amides is 2. The van der Waals surface area contributed by atoms with E-state index < -0.39 is 6.04 Å². The summed E-state index contributed by atoms with van der Waals surface area (Å²) in [6.07, 6.45) is 4.94. The highest BCUT2D eigenvalue weighted by atomic mass is 16.2. The van der Waals surface area contributed by atoms with E-state index in [9.17, 15) is 9.59 Å². The highest BCUT2D eigenvalue weighted by Crippen LogP contribution is 2.42. The molecule has 1 aromatic heterocycles. The molecule has 5 heteroatoms. The Kier molecular flexibility index (Phi) is 6.20. The van der Waals surface area contributed by atoms with E-state index in [4.69, 9.17) is 0 Å². The van der Waals surface area contributed by atoms with E-state index in [1.807, 2.05) is 17.0 Å². The number of fused-ring (bicyclic) bond motifs is 4. The van der Waals surface area contributed by atoms with Gasteiger partial charge in [0.25, 0.3) is 0 Å². The molecule has 2 aromatic carbocycles. The third kappa shape index (κ3) is 3.91. The van der Waals surface area contributed by atoms with Gasteiger partial charge in [0, 0.05) is 29.6 Å². The highest BCUT2D eigenvalue weighted by molar-refractivity contribution is 5.97. The molecule has 2 atom stereocenters. The summed E-state index contributed by atoms with van der Waals surface area (Å²) in [5.41, 5.74) is 5.61. The number of nitrogens with zero attached hydrogens (tertiary/aromatic N) is 2. The normalized spacial score (nSPS) is 20.2. The predicted molar refractivity (Wildman–Crippen MR) is 136 cm³/mol. The Morgan fingerprint density at radius 3 is 2.50 bits per heavy atom. The first-order valence-corrected chi connectivity index (χ1v) is 12.8. The summed E-state index contributed by atoms with van der Waals surface area (Å²) in [6, 6.07) is 16.1. The lowest BCUT2D eigenvalue weighted by Gasteiger charge is -2.47. The zero-order chi connectivity index (χ0) is 23.8. The minimum Gasteiger partial charge on any atom is -0.356 e. The monoisotopic (exact) mass is 457 g/mol. The van der Waals surface area contributed by atoms with Crippen molar-refractivity contribution >= 4 is 22.7 Å². The van der Waals surface area contributed by atoms with Crippen molar-refractivity contribution in [3.05, 3.63) is 70.9 Å². The fraction of sp³-hybridized carbons (Fsp3) is 0.448. The largest absolute Gasteiger partial charge is 0.356 e. The van der Waals surface area contributed by atoms with Gasteiger partial charge in [0.05, 0.1) is 12.6 Å². The Hall–Kier alpha value is -3.08. The molecule has 2 aliphatic heterocycles. The maximum atomic E-state index is 13.7. The predicted octanol–water partition coefficient (Wildman–Crippen LogP) is 5.56. The molecule has 0 saturated carbocycles. The van der Waals surface area contributed by atoms with Crippen LogP contribution in [-0.4, -0.2) is 45.7 Å². The molecular weight excluding hydrogens is 422 g/mol. The van der Waals surface area contributed by atoms with Crippen molar-refractivity contribution in [2.24, 2.45) is 0 Å². The number of benzene rings is 2. The molecule has 1 fully saturated rings. The number of unbranched alkanes of at least 4 members (excludes halogenated alkanes) is 3. The summed E-state index contributed by atoms with van der Waals surface area (Å²) < 4.78 is 0. The van der Waals surface area contributed by atoms with Gasteiger partial charge in [-0.25, -0.2) is 0 Å². The van der Waals surface area contributed by atoms with Crippen LogP contribution in [0.5, 0.6) is 0 Å². The number of carbonyl (C=O) groups excluding carboxylic acids is 2. The molecule has 1 N–H and O–H groups in total. The zero-order valence-electron chi connectivity index (χ0n) is 20.5. The molecule has 2 aliphatic rings. The number of carbonyl (C=O) groups is 2. The maximum absolute atomic E-state index is 13.7. The average molecular weight is 458 g/mol. The molecular formula is C29H35N3O2. The first-order valence-electron chi connectivity index (χ1n) is 12.8. The number of nitrogens with one attached hydrogen (secondary N) is 1. The standard InChI is InChI=1S/C29H35N3O2/c1-4-5-6-9-16-31-18-26(33)32-25(29(31)34)17-23-22-10-7-8-11-24(22)30-27(23)28(32)21-14-12-20(13-15-21)19(2)3/h7-8,10-15,19,25,28,30H,4-6,9,16-18H2,1-3H3/t25-,28+/m0/s1. The van der Waals surface area contributed by atoms with Crippen LogP contribution >= 0.6 is 0 Å². The number of H-pyrrole nitrogens is 1. The second-order valence-electron chi connectivity index (χ2n) is 10.1. The van der Waals surface area contributed by atoms with Gasteiger partial charge in [-0.3, -0.25) is 9.59 Å². The number of para-hydroxylation sites is 1. The molecule has 178 valence electrons. The maximum Gasteiger partial charge on any atom is 0.246 e. The van der Waals surface area contributed by atoms with Gasteiger partial charge in [-0.05, 0) is 35.1 Å². The van der Waals surface area contributed by atoms with Crippen LogP contribution in [0.3, 0.4) is 0 Å². The van der Waals surface area contributed by atoms with Crippen LogP contribution in [0.2, 0.25) is 0 Å². The van der Waals surface area contributed by atoms with Gasteiger partial charge in [0.2, 0.25) is 11.8 Å². The quantitative estimate of drug-likeness (QED) is 0.473. The average Bonchev–Trinajstić information content (AvgIpc) is 3.22. The van der Waals surface area contributed by atoms with Crippen molar-refractivity contribution in [3.8, 4) is 0 Å². The van der Waals surface area contributed by atoms with Gasteiger partial charge in [0.1, 0.15) is 6.04 Å². The van der Waals surface area contributed by atoms with E-state index in [-0.39, 0.29) is 24.4 Å². The lowest BCUT2D eigenvalue weighted by molar-refractivity contribution is -0.158.